The number of azide groups is 1. The number of hydrogen-bond donors (Lipinski definition) is 0. The first kappa shape index (κ1) is 13.7. The molecule has 1 fully saturated rings. The molecule has 4 nitrogen and oxygen atoms in total. The van der Waals surface area contributed by atoms with Gasteiger partial charge in [0.25, 0.3) is 0 Å². The van der Waals surface area contributed by atoms with Crippen LogP contribution in [0.1, 0.15) is 30.4 Å². The molecular formula is C15H20N4. The zero-order valence-corrected chi connectivity index (χ0v) is 11.2. The third-order valence-corrected chi connectivity index (χ3v) is 3.33. The van der Waals surface area contributed by atoms with E-state index < -0.39 is 0 Å². The molecule has 0 unspecified atom stereocenters. The first-order valence-electron chi connectivity index (χ1n) is 6.87. The lowest BCUT2D eigenvalue weighted by molar-refractivity contribution is 0.331. The fourth-order valence-electron chi connectivity index (χ4n) is 2.39. The highest BCUT2D eigenvalue weighted by molar-refractivity contribution is 5.50. The Morgan fingerprint density at radius 2 is 2.16 bits per heavy atom. The standard InChI is InChI=1S/C15H20N4/c16-18-17-9-2-1-6-14-7-5-8-15(12-14)13-19-10-3-4-11-19/h1,5-8,12H,2-4,9-11,13H2. The van der Waals surface area contributed by atoms with Crippen molar-refractivity contribution >= 4 is 6.08 Å². The molecular weight excluding hydrogens is 236 g/mol. The van der Waals surface area contributed by atoms with E-state index in [1.165, 1.54) is 37.1 Å². The van der Waals surface area contributed by atoms with E-state index in [0.717, 1.165) is 13.0 Å². The molecule has 1 aliphatic heterocycles. The van der Waals surface area contributed by atoms with Gasteiger partial charge >= 0.3 is 0 Å². The van der Waals surface area contributed by atoms with Gasteiger partial charge in [0.2, 0.25) is 0 Å². The second-order valence-corrected chi connectivity index (χ2v) is 4.87. The Morgan fingerprint density at radius 3 is 2.95 bits per heavy atom. The number of rotatable bonds is 6. The van der Waals surface area contributed by atoms with E-state index in [4.69, 9.17) is 5.53 Å². The molecule has 2 rings (SSSR count). The Labute approximate surface area is 114 Å². The summed E-state index contributed by atoms with van der Waals surface area (Å²) >= 11 is 0. The van der Waals surface area contributed by atoms with Crippen molar-refractivity contribution in [2.24, 2.45) is 5.11 Å². The van der Waals surface area contributed by atoms with Gasteiger partial charge in [-0.1, -0.05) is 41.5 Å². The van der Waals surface area contributed by atoms with Gasteiger partial charge in [-0.25, -0.2) is 0 Å². The second kappa shape index (κ2) is 7.62. The maximum Gasteiger partial charge on any atom is 0.0292 e. The van der Waals surface area contributed by atoms with E-state index in [1.54, 1.807) is 0 Å². The minimum absolute atomic E-state index is 0.528. The van der Waals surface area contributed by atoms with E-state index in [1.807, 2.05) is 0 Å². The predicted molar refractivity (Wildman–Crippen MR) is 78.6 cm³/mol. The van der Waals surface area contributed by atoms with E-state index in [9.17, 15) is 0 Å². The molecule has 19 heavy (non-hydrogen) atoms. The summed E-state index contributed by atoms with van der Waals surface area (Å²) in [6.07, 6.45) is 7.61. The van der Waals surface area contributed by atoms with E-state index >= 15 is 0 Å². The highest BCUT2D eigenvalue weighted by Gasteiger charge is 2.11. The Hall–Kier alpha value is -1.77. The average Bonchev–Trinajstić information content (AvgIpc) is 2.92. The lowest BCUT2D eigenvalue weighted by atomic mass is 10.1. The molecule has 0 bridgehead atoms. The van der Waals surface area contributed by atoms with Crippen molar-refractivity contribution in [2.45, 2.75) is 25.8 Å². The highest BCUT2D eigenvalue weighted by atomic mass is 15.1. The fraction of sp³-hybridized carbons (Fsp3) is 0.467. The molecule has 1 heterocycles. The lowest BCUT2D eigenvalue weighted by Crippen LogP contribution is -2.18. The minimum Gasteiger partial charge on any atom is -0.299 e. The van der Waals surface area contributed by atoms with Crippen molar-refractivity contribution < 1.29 is 0 Å². The summed E-state index contributed by atoms with van der Waals surface area (Å²) in [5, 5.41) is 3.51. The molecule has 1 aromatic carbocycles. The van der Waals surface area contributed by atoms with Crippen LogP contribution in [-0.4, -0.2) is 24.5 Å². The fourth-order valence-corrected chi connectivity index (χ4v) is 2.39. The third kappa shape index (κ3) is 4.78. The van der Waals surface area contributed by atoms with Crippen LogP contribution in [0.25, 0.3) is 16.5 Å². The second-order valence-electron chi connectivity index (χ2n) is 4.87. The number of benzene rings is 1. The Balaban J connectivity index is 1.88. The van der Waals surface area contributed by atoms with Gasteiger partial charge in [0, 0.05) is 18.0 Å². The van der Waals surface area contributed by atoms with E-state index in [0.29, 0.717) is 6.54 Å². The molecule has 0 spiro atoms. The molecule has 4 heteroatoms. The van der Waals surface area contributed by atoms with Gasteiger partial charge in [-0.15, -0.1) is 0 Å². The molecule has 0 N–H and O–H groups in total. The van der Waals surface area contributed by atoms with Crippen molar-refractivity contribution in [1.29, 1.82) is 0 Å². The van der Waals surface area contributed by atoms with Crippen LogP contribution in [0.5, 0.6) is 0 Å². The number of likely N-dealkylation sites (tertiary alicyclic amines) is 1. The monoisotopic (exact) mass is 256 g/mol. The van der Waals surface area contributed by atoms with Gasteiger partial charge in [-0.05, 0) is 49.0 Å². The smallest absolute Gasteiger partial charge is 0.0292 e. The van der Waals surface area contributed by atoms with Crippen LogP contribution < -0.4 is 0 Å². The van der Waals surface area contributed by atoms with Gasteiger partial charge in [-0.3, -0.25) is 4.90 Å². The summed E-state index contributed by atoms with van der Waals surface area (Å²) in [5.74, 6) is 0. The first-order chi connectivity index (χ1) is 9.38. The molecule has 0 amide bonds. The molecule has 0 atom stereocenters. The lowest BCUT2D eigenvalue weighted by Gasteiger charge is -2.14. The SMILES string of the molecule is [N-]=[N+]=NCCC=Cc1cccc(CN2CCCC2)c1. The van der Waals surface area contributed by atoms with Gasteiger partial charge in [0.05, 0.1) is 0 Å². The maximum atomic E-state index is 8.18. The van der Waals surface area contributed by atoms with Gasteiger partial charge in [0.1, 0.15) is 0 Å². The van der Waals surface area contributed by atoms with Gasteiger partial charge in [0.15, 0.2) is 0 Å². The van der Waals surface area contributed by atoms with Crippen LogP contribution in [-0.2, 0) is 6.54 Å². The van der Waals surface area contributed by atoms with Crippen LogP contribution >= 0.6 is 0 Å². The zero-order chi connectivity index (χ0) is 13.3. The minimum atomic E-state index is 0.528. The van der Waals surface area contributed by atoms with Crippen molar-refractivity contribution in [1.82, 2.24) is 4.90 Å². The number of hydrogen-bond acceptors (Lipinski definition) is 2. The van der Waals surface area contributed by atoms with E-state index in [2.05, 4.69) is 51.3 Å². The molecule has 0 aliphatic carbocycles. The Bertz CT molecular complexity index is 469. The molecule has 1 aromatic rings. The van der Waals surface area contributed by atoms with Crippen LogP contribution in [0.15, 0.2) is 35.5 Å². The van der Waals surface area contributed by atoms with Gasteiger partial charge < -0.3 is 0 Å². The molecule has 1 saturated heterocycles. The van der Waals surface area contributed by atoms with Crippen molar-refractivity contribution in [3.8, 4) is 0 Å². The molecule has 0 radical (unpaired) electrons. The summed E-state index contributed by atoms with van der Waals surface area (Å²) in [6.45, 7) is 4.04. The maximum absolute atomic E-state index is 8.18. The predicted octanol–water partition coefficient (Wildman–Crippen LogP) is 4.00. The van der Waals surface area contributed by atoms with Crippen LogP contribution in [0, 0.1) is 0 Å². The summed E-state index contributed by atoms with van der Waals surface area (Å²) in [7, 11) is 0. The summed E-state index contributed by atoms with van der Waals surface area (Å²) in [6, 6.07) is 8.65. The van der Waals surface area contributed by atoms with Crippen LogP contribution in [0.2, 0.25) is 0 Å². The summed E-state index contributed by atoms with van der Waals surface area (Å²) in [4.78, 5) is 5.24. The van der Waals surface area contributed by atoms with E-state index in [-0.39, 0.29) is 0 Å². The van der Waals surface area contributed by atoms with Crippen molar-refractivity contribution in [3.63, 3.8) is 0 Å². The first-order valence-corrected chi connectivity index (χ1v) is 6.87. The van der Waals surface area contributed by atoms with Crippen molar-refractivity contribution in [2.75, 3.05) is 19.6 Å². The quantitative estimate of drug-likeness (QED) is 0.328. The van der Waals surface area contributed by atoms with Gasteiger partial charge in [-0.2, -0.15) is 0 Å². The molecule has 0 aromatic heterocycles. The molecule has 100 valence electrons. The van der Waals surface area contributed by atoms with Crippen molar-refractivity contribution in [3.05, 3.63) is 51.9 Å². The summed E-state index contributed by atoms with van der Waals surface area (Å²) < 4.78 is 0. The third-order valence-electron chi connectivity index (χ3n) is 3.33. The topological polar surface area (TPSA) is 52.0 Å². The zero-order valence-electron chi connectivity index (χ0n) is 11.2. The Morgan fingerprint density at radius 1 is 1.32 bits per heavy atom. The largest absolute Gasteiger partial charge is 0.299 e. The Kier molecular flexibility index (Phi) is 5.48. The number of nitrogens with zero attached hydrogens (tertiary/aromatic N) is 4. The normalized spacial score (nSPS) is 15.8. The van der Waals surface area contributed by atoms with Crippen LogP contribution in [0.3, 0.4) is 0 Å². The average molecular weight is 256 g/mol. The highest BCUT2D eigenvalue weighted by Crippen LogP contribution is 2.14. The van der Waals surface area contributed by atoms with Crippen LogP contribution in [0.4, 0.5) is 0 Å². The molecule has 0 saturated carbocycles. The summed E-state index contributed by atoms with van der Waals surface area (Å²) in [5.41, 5.74) is 10.8. The molecule has 1 aliphatic rings.